The van der Waals surface area contributed by atoms with E-state index in [2.05, 4.69) is 32.0 Å². The summed E-state index contributed by atoms with van der Waals surface area (Å²) in [7, 11) is 0. The Hall–Kier alpha value is -0.820. The van der Waals surface area contributed by atoms with Crippen molar-refractivity contribution in [2.24, 2.45) is 5.41 Å². The van der Waals surface area contributed by atoms with Crippen LogP contribution in [0.15, 0.2) is 24.3 Å². The minimum Gasteiger partial charge on any atom is -0.385 e. The lowest BCUT2D eigenvalue weighted by atomic mass is 9.53. The fourth-order valence-electron chi connectivity index (χ4n) is 3.33. The van der Waals surface area contributed by atoms with Crippen LogP contribution >= 0.6 is 0 Å². The zero-order chi connectivity index (χ0) is 10.7. The van der Waals surface area contributed by atoms with Gasteiger partial charge in [-0.05, 0) is 35.8 Å². The second-order valence-electron chi connectivity index (χ2n) is 5.93. The molecule has 15 heavy (non-hydrogen) atoms. The fourth-order valence-corrected chi connectivity index (χ4v) is 3.33. The number of hydrogen-bond donors (Lipinski definition) is 1. The molecule has 80 valence electrons. The largest absolute Gasteiger partial charge is 0.385 e. The smallest absolute Gasteiger partial charge is 0.0968 e. The molecule has 0 aromatic heterocycles. The molecular formula is C14H18O. The summed E-state index contributed by atoms with van der Waals surface area (Å²) >= 11 is 0. The highest BCUT2D eigenvalue weighted by molar-refractivity contribution is 5.48. The van der Waals surface area contributed by atoms with E-state index in [9.17, 15) is 5.11 Å². The molecule has 1 aromatic rings. The number of hydrogen-bond acceptors (Lipinski definition) is 1. The zero-order valence-electron chi connectivity index (χ0n) is 9.46. The summed E-state index contributed by atoms with van der Waals surface area (Å²) in [5, 5.41) is 10.6. The van der Waals surface area contributed by atoms with E-state index in [1.54, 1.807) is 0 Å². The summed E-state index contributed by atoms with van der Waals surface area (Å²) in [5.41, 5.74) is 2.47. The Kier molecular flexibility index (Phi) is 1.66. The van der Waals surface area contributed by atoms with Gasteiger partial charge in [-0.1, -0.05) is 38.1 Å². The normalized spacial score (nSPS) is 36.3. The van der Waals surface area contributed by atoms with Crippen LogP contribution in [0, 0.1) is 5.41 Å². The molecule has 0 bridgehead atoms. The lowest BCUT2D eigenvalue weighted by Crippen LogP contribution is -2.49. The van der Waals surface area contributed by atoms with Crippen molar-refractivity contribution in [3.05, 3.63) is 35.4 Å². The highest BCUT2D eigenvalue weighted by Gasteiger charge is 2.54. The van der Waals surface area contributed by atoms with Gasteiger partial charge in [0, 0.05) is 5.92 Å². The Balaban J connectivity index is 2.04. The lowest BCUT2D eigenvalue weighted by Gasteiger charge is -2.54. The van der Waals surface area contributed by atoms with Crippen molar-refractivity contribution < 1.29 is 5.11 Å². The van der Waals surface area contributed by atoms with Gasteiger partial charge < -0.3 is 5.11 Å². The van der Waals surface area contributed by atoms with Crippen LogP contribution in [0.2, 0.25) is 0 Å². The van der Waals surface area contributed by atoms with Crippen molar-refractivity contribution in [2.45, 2.75) is 44.6 Å². The van der Waals surface area contributed by atoms with Crippen molar-refractivity contribution in [1.82, 2.24) is 0 Å². The van der Waals surface area contributed by atoms with Crippen LogP contribution in [-0.2, 0) is 5.60 Å². The van der Waals surface area contributed by atoms with E-state index in [1.807, 2.05) is 6.07 Å². The number of fused-ring (bicyclic) bond motifs is 4. The van der Waals surface area contributed by atoms with Crippen LogP contribution < -0.4 is 0 Å². The Morgan fingerprint density at radius 3 is 2.73 bits per heavy atom. The molecule has 2 aliphatic carbocycles. The molecule has 1 nitrogen and oxygen atoms in total. The maximum atomic E-state index is 10.6. The first-order chi connectivity index (χ1) is 7.03. The monoisotopic (exact) mass is 202 g/mol. The SMILES string of the molecule is CC1(C)CC[C@]2(O)c3ccccc3[C@@H]2C1. The van der Waals surface area contributed by atoms with E-state index in [1.165, 1.54) is 11.1 Å². The standard InChI is InChI=1S/C14H18O/c1-13(2)7-8-14(15)11-6-4-3-5-10(11)12(14)9-13/h3-6,12,15H,7-9H2,1-2H3/t12-,14-/m0/s1. The maximum absolute atomic E-state index is 10.6. The summed E-state index contributed by atoms with van der Waals surface area (Å²) in [6.07, 6.45) is 3.19. The van der Waals surface area contributed by atoms with E-state index in [-0.39, 0.29) is 0 Å². The van der Waals surface area contributed by atoms with Crippen molar-refractivity contribution >= 4 is 0 Å². The Labute approximate surface area is 91.1 Å². The van der Waals surface area contributed by atoms with Crippen LogP contribution in [-0.4, -0.2) is 5.11 Å². The lowest BCUT2D eigenvalue weighted by molar-refractivity contribution is -0.0774. The van der Waals surface area contributed by atoms with Crippen LogP contribution in [0.1, 0.15) is 50.2 Å². The van der Waals surface area contributed by atoms with Crippen LogP contribution in [0.3, 0.4) is 0 Å². The molecule has 1 fully saturated rings. The minimum atomic E-state index is -0.494. The topological polar surface area (TPSA) is 20.2 Å². The minimum absolute atomic E-state index is 0.387. The Morgan fingerprint density at radius 2 is 1.93 bits per heavy atom. The number of aliphatic hydroxyl groups is 1. The van der Waals surface area contributed by atoms with Gasteiger partial charge in [0.2, 0.25) is 0 Å². The van der Waals surface area contributed by atoms with Crippen LogP contribution in [0.5, 0.6) is 0 Å². The molecule has 1 heteroatoms. The predicted molar refractivity (Wildman–Crippen MR) is 60.7 cm³/mol. The van der Waals surface area contributed by atoms with Gasteiger partial charge in [0.25, 0.3) is 0 Å². The van der Waals surface area contributed by atoms with Gasteiger partial charge in [0.15, 0.2) is 0 Å². The molecule has 0 spiro atoms. The number of rotatable bonds is 0. The summed E-state index contributed by atoms with van der Waals surface area (Å²) in [5.74, 6) is 0.387. The first-order valence-electron chi connectivity index (χ1n) is 5.85. The molecule has 0 unspecified atom stereocenters. The molecular weight excluding hydrogens is 184 g/mol. The quantitative estimate of drug-likeness (QED) is 0.685. The molecule has 1 aromatic carbocycles. The Morgan fingerprint density at radius 1 is 1.20 bits per heavy atom. The molecule has 0 heterocycles. The molecule has 0 aliphatic heterocycles. The summed E-state index contributed by atoms with van der Waals surface area (Å²) < 4.78 is 0. The van der Waals surface area contributed by atoms with E-state index in [4.69, 9.17) is 0 Å². The maximum Gasteiger partial charge on any atom is 0.0968 e. The van der Waals surface area contributed by atoms with Crippen LogP contribution in [0.4, 0.5) is 0 Å². The van der Waals surface area contributed by atoms with Gasteiger partial charge in [-0.2, -0.15) is 0 Å². The second-order valence-corrected chi connectivity index (χ2v) is 5.93. The first kappa shape index (κ1) is 9.41. The molecule has 2 aliphatic rings. The van der Waals surface area contributed by atoms with Gasteiger partial charge >= 0.3 is 0 Å². The third kappa shape index (κ3) is 1.13. The molecule has 1 N–H and O–H groups in total. The van der Waals surface area contributed by atoms with Gasteiger partial charge in [-0.15, -0.1) is 0 Å². The third-order valence-corrected chi connectivity index (χ3v) is 4.32. The van der Waals surface area contributed by atoms with Crippen molar-refractivity contribution in [1.29, 1.82) is 0 Å². The molecule has 3 rings (SSSR count). The third-order valence-electron chi connectivity index (χ3n) is 4.32. The summed E-state index contributed by atoms with van der Waals surface area (Å²) in [6.45, 7) is 4.63. The highest BCUT2D eigenvalue weighted by Crippen LogP contribution is 2.61. The summed E-state index contributed by atoms with van der Waals surface area (Å²) in [4.78, 5) is 0. The van der Waals surface area contributed by atoms with Crippen LogP contribution in [0.25, 0.3) is 0 Å². The molecule has 0 radical (unpaired) electrons. The predicted octanol–water partition coefficient (Wildman–Crippen LogP) is 3.18. The average Bonchev–Trinajstić information content (AvgIpc) is 2.22. The van der Waals surface area contributed by atoms with E-state index < -0.39 is 5.60 Å². The van der Waals surface area contributed by atoms with E-state index >= 15 is 0 Å². The zero-order valence-corrected chi connectivity index (χ0v) is 9.46. The molecule has 0 amide bonds. The molecule has 2 atom stereocenters. The van der Waals surface area contributed by atoms with Gasteiger partial charge in [-0.25, -0.2) is 0 Å². The van der Waals surface area contributed by atoms with Gasteiger partial charge in [0.1, 0.15) is 0 Å². The van der Waals surface area contributed by atoms with Crippen molar-refractivity contribution in [3.63, 3.8) is 0 Å². The molecule has 0 saturated heterocycles. The fraction of sp³-hybridized carbons (Fsp3) is 0.571. The Bertz CT molecular complexity index is 408. The van der Waals surface area contributed by atoms with Crippen molar-refractivity contribution in [3.8, 4) is 0 Å². The molecule has 1 saturated carbocycles. The van der Waals surface area contributed by atoms with E-state index in [0.29, 0.717) is 11.3 Å². The van der Waals surface area contributed by atoms with Gasteiger partial charge in [-0.3, -0.25) is 0 Å². The first-order valence-corrected chi connectivity index (χ1v) is 5.85. The second kappa shape index (κ2) is 2.65. The van der Waals surface area contributed by atoms with Gasteiger partial charge in [0.05, 0.1) is 5.60 Å². The van der Waals surface area contributed by atoms with E-state index in [0.717, 1.165) is 19.3 Å². The highest BCUT2D eigenvalue weighted by atomic mass is 16.3. The van der Waals surface area contributed by atoms with Crippen molar-refractivity contribution in [2.75, 3.05) is 0 Å². The summed E-state index contributed by atoms with van der Waals surface area (Å²) in [6, 6.07) is 8.38. The average molecular weight is 202 g/mol. The number of benzene rings is 1.